The third-order valence-corrected chi connectivity index (χ3v) is 5.45. The fourth-order valence-corrected chi connectivity index (χ4v) is 3.58. The monoisotopic (exact) mass is 368 g/mol. The standard InChI is InChI=1S/C17H22Cl2N4O/c1-3-22(4-2)17(24)23-7-5-11(6-8-23)16-20-14-9-12(18)13(19)10-15(14)21-16/h9-11H,3-8H2,1-2H3,(H,20,21). The second-order valence-electron chi connectivity index (χ2n) is 6.12. The van der Waals surface area contributed by atoms with E-state index >= 15 is 0 Å². The normalized spacial score (nSPS) is 15.9. The topological polar surface area (TPSA) is 52.2 Å². The first kappa shape index (κ1) is 17.4. The maximum Gasteiger partial charge on any atom is 0.319 e. The molecular formula is C17H22Cl2N4O. The SMILES string of the molecule is CCN(CC)C(=O)N1CCC(c2nc3cc(Cl)c(Cl)cc3[nH]2)CC1. The molecule has 3 rings (SSSR count). The molecule has 1 saturated heterocycles. The van der Waals surface area contributed by atoms with Crippen LogP contribution in [0.3, 0.4) is 0 Å². The van der Waals surface area contributed by atoms with Gasteiger partial charge in [0.05, 0.1) is 21.1 Å². The lowest BCUT2D eigenvalue weighted by Crippen LogP contribution is -2.46. The number of benzene rings is 1. The molecule has 0 unspecified atom stereocenters. The lowest BCUT2D eigenvalue weighted by atomic mass is 9.96. The summed E-state index contributed by atoms with van der Waals surface area (Å²) in [6, 6.07) is 3.74. The summed E-state index contributed by atoms with van der Waals surface area (Å²) in [6.45, 7) is 7.05. The van der Waals surface area contributed by atoms with Crippen LogP contribution >= 0.6 is 23.2 Å². The van der Waals surface area contributed by atoms with Crippen LogP contribution in [-0.4, -0.2) is 52.0 Å². The first-order chi connectivity index (χ1) is 11.5. The van der Waals surface area contributed by atoms with E-state index in [1.807, 2.05) is 29.7 Å². The molecule has 24 heavy (non-hydrogen) atoms. The molecule has 1 N–H and O–H groups in total. The van der Waals surface area contributed by atoms with E-state index in [4.69, 9.17) is 23.2 Å². The van der Waals surface area contributed by atoms with Gasteiger partial charge in [-0.1, -0.05) is 23.2 Å². The van der Waals surface area contributed by atoms with Crippen LogP contribution in [0.1, 0.15) is 38.4 Å². The Hall–Kier alpha value is -1.46. The molecule has 0 aliphatic carbocycles. The van der Waals surface area contributed by atoms with E-state index < -0.39 is 0 Å². The van der Waals surface area contributed by atoms with Crippen LogP contribution in [0, 0.1) is 0 Å². The fourth-order valence-electron chi connectivity index (χ4n) is 3.26. The highest BCUT2D eigenvalue weighted by Crippen LogP contribution is 2.31. The molecule has 0 atom stereocenters. The fraction of sp³-hybridized carbons (Fsp3) is 0.529. The van der Waals surface area contributed by atoms with Gasteiger partial charge in [-0.3, -0.25) is 0 Å². The smallest absolute Gasteiger partial charge is 0.319 e. The number of nitrogens with one attached hydrogen (secondary N) is 1. The zero-order valence-electron chi connectivity index (χ0n) is 14.0. The van der Waals surface area contributed by atoms with Gasteiger partial charge in [0.2, 0.25) is 0 Å². The summed E-state index contributed by atoms with van der Waals surface area (Å²) in [5.41, 5.74) is 1.74. The van der Waals surface area contributed by atoms with Gasteiger partial charge in [0.25, 0.3) is 0 Å². The number of halogens is 2. The molecule has 0 spiro atoms. The van der Waals surface area contributed by atoms with E-state index in [2.05, 4.69) is 9.97 Å². The molecule has 0 radical (unpaired) electrons. The summed E-state index contributed by atoms with van der Waals surface area (Å²) < 4.78 is 0. The van der Waals surface area contributed by atoms with Crippen LogP contribution in [0.2, 0.25) is 10.0 Å². The number of rotatable bonds is 3. The van der Waals surface area contributed by atoms with Crippen molar-refractivity contribution in [1.29, 1.82) is 0 Å². The van der Waals surface area contributed by atoms with Crippen molar-refractivity contribution in [1.82, 2.24) is 19.8 Å². The third-order valence-electron chi connectivity index (χ3n) is 4.73. The molecule has 130 valence electrons. The minimum Gasteiger partial charge on any atom is -0.342 e. The van der Waals surface area contributed by atoms with Crippen LogP contribution in [0.15, 0.2) is 12.1 Å². The number of carbonyl (C=O) groups excluding carboxylic acids is 1. The van der Waals surface area contributed by atoms with Crippen molar-refractivity contribution < 1.29 is 4.79 Å². The van der Waals surface area contributed by atoms with Gasteiger partial charge < -0.3 is 14.8 Å². The largest absolute Gasteiger partial charge is 0.342 e. The number of carbonyl (C=O) groups is 1. The van der Waals surface area contributed by atoms with Crippen LogP contribution in [0.4, 0.5) is 4.79 Å². The number of piperidine rings is 1. The Kier molecular flexibility index (Phi) is 5.21. The lowest BCUT2D eigenvalue weighted by Gasteiger charge is -2.34. The van der Waals surface area contributed by atoms with E-state index in [1.165, 1.54) is 0 Å². The Morgan fingerprint density at radius 1 is 1.25 bits per heavy atom. The zero-order chi connectivity index (χ0) is 17.3. The number of aromatic amines is 1. The quantitative estimate of drug-likeness (QED) is 0.866. The van der Waals surface area contributed by atoms with Crippen molar-refractivity contribution in [3.63, 3.8) is 0 Å². The highest BCUT2D eigenvalue weighted by Gasteiger charge is 2.27. The molecule has 2 amide bonds. The van der Waals surface area contributed by atoms with Crippen molar-refractivity contribution >= 4 is 40.3 Å². The van der Waals surface area contributed by atoms with Gasteiger partial charge in [-0.05, 0) is 38.8 Å². The van der Waals surface area contributed by atoms with Gasteiger partial charge in [-0.2, -0.15) is 0 Å². The Morgan fingerprint density at radius 3 is 2.50 bits per heavy atom. The molecule has 1 aliphatic heterocycles. The zero-order valence-corrected chi connectivity index (χ0v) is 15.5. The van der Waals surface area contributed by atoms with Crippen LogP contribution in [0.5, 0.6) is 0 Å². The number of urea groups is 1. The molecule has 1 aromatic carbocycles. The van der Waals surface area contributed by atoms with Crippen molar-refractivity contribution in [3.8, 4) is 0 Å². The summed E-state index contributed by atoms with van der Waals surface area (Å²) in [4.78, 5) is 24.2. The highest BCUT2D eigenvalue weighted by molar-refractivity contribution is 6.42. The van der Waals surface area contributed by atoms with E-state index in [1.54, 1.807) is 6.07 Å². The molecule has 7 heteroatoms. The lowest BCUT2D eigenvalue weighted by molar-refractivity contribution is 0.143. The van der Waals surface area contributed by atoms with Gasteiger partial charge in [-0.15, -0.1) is 0 Å². The molecular weight excluding hydrogens is 347 g/mol. The molecule has 0 bridgehead atoms. The average Bonchev–Trinajstić information content (AvgIpc) is 2.99. The van der Waals surface area contributed by atoms with Crippen LogP contribution < -0.4 is 0 Å². The van der Waals surface area contributed by atoms with Gasteiger partial charge >= 0.3 is 6.03 Å². The number of amides is 2. The highest BCUT2D eigenvalue weighted by atomic mass is 35.5. The molecule has 1 aromatic heterocycles. The van der Waals surface area contributed by atoms with E-state index in [9.17, 15) is 4.79 Å². The first-order valence-electron chi connectivity index (χ1n) is 8.42. The molecule has 2 aromatic rings. The number of likely N-dealkylation sites (tertiary alicyclic amines) is 1. The molecule has 1 aliphatic rings. The summed E-state index contributed by atoms with van der Waals surface area (Å²) in [7, 11) is 0. The summed E-state index contributed by atoms with van der Waals surface area (Å²) >= 11 is 12.1. The second-order valence-corrected chi connectivity index (χ2v) is 6.94. The maximum atomic E-state index is 12.4. The van der Waals surface area contributed by atoms with Crippen molar-refractivity contribution in [2.75, 3.05) is 26.2 Å². The number of H-pyrrole nitrogens is 1. The van der Waals surface area contributed by atoms with Crippen LogP contribution in [0.25, 0.3) is 11.0 Å². The van der Waals surface area contributed by atoms with E-state index in [0.717, 1.165) is 55.9 Å². The number of imidazole rings is 1. The van der Waals surface area contributed by atoms with Gasteiger partial charge in [-0.25, -0.2) is 9.78 Å². The maximum absolute atomic E-state index is 12.4. The Bertz CT molecular complexity index is 695. The molecule has 0 saturated carbocycles. The van der Waals surface area contributed by atoms with Gasteiger partial charge in [0, 0.05) is 32.1 Å². The molecule has 1 fully saturated rings. The number of fused-ring (bicyclic) bond motifs is 1. The summed E-state index contributed by atoms with van der Waals surface area (Å²) in [5.74, 6) is 1.29. The van der Waals surface area contributed by atoms with Gasteiger partial charge in [0.15, 0.2) is 0 Å². The van der Waals surface area contributed by atoms with Gasteiger partial charge in [0.1, 0.15) is 5.82 Å². The van der Waals surface area contributed by atoms with Crippen molar-refractivity contribution in [3.05, 3.63) is 28.0 Å². The Labute approximate surface area is 151 Å². The molecule has 2 heterocycles. The van der Waals surface area contributed by atoms with E-state index in [-0.39, 0.29) is 6.03 Å². The predicted octanol–water partition coefficient (Wildman–Crippen LogP) is 4.51. The first-order valence-corrected chi connectivity index (χ1v) is 9.17. The van der Waals surface area contributed by atoms with Crippen molar-refractivity contribution in [2.24, 2.45) is 0 Å². The number of hydrogen-bond acceptors (Lipinski definition) is 2. The second kappa shape index (κ2) is 7.19. The summed E-state index contributed by atoms with van der Waals surface area (Å²) in [6.07, 6.45) is 1.82. The molecule has 5 nitrogen and oxygen atoms in total. The minimum atomic E-state index is 0.140. The van der Waals surface area contributed by atoms with Crippen LogP contribution in [-0.2, 0) is 0 Å². The number of aromatic nitrogens is 2. The Morgan fingerprint density at radius 2 is 1.88 bits per heavy atom. The Balaban J connectivity index is 1.69. The predicted molar refractivity (Wildman–Crippen MR) is 98.0 cm³/mol. The number of hydrogen-bond donors (Lipinski definition) is 1. The average molecular weight is 369 g/mol. The van der Waals surface area contributed by atoms with Crippen molar-refractivity contribution in [2.45, 2.75) is 32.6 Å². The minimum absolute atomic E-state index is 0.140. The van der Waals surface area contributed by atoms with E-state index in [0.29, 0.717) is 16.0 Å². The summed E-state index contributed by atoms with van der Waals surface area (Å²) in [5, 5.41) is 1.04. The number of nitrogens with zero attached hydrogens (tertiary/aromatic N) is 3. The third kappa shape index (κ3) is 3.33.